The van der Waals surface area contributed by atoms with Gasteiger partial charge in [-0.1, -0.05) is 30.7 Å². The average Bonchev–Trinajstić information content (AvgIpc) is 2.77. The monoisotopic (exact) mass is 504 g/mol. The molecule has 7 N–H and O–H groups in total. The molecule has 2 rings (SSSR count). The Balaban J connectivity index is 2.19. The molecule has 0 radical (unpaired) electrons. The Morgan fingerprint density at radius 2 is 1.94 bits per heavy atom. The van der Waals surface area contributed by atoms with Gasteiger partial charge in [0, 0.05) is 30.1 Å². The highest BCUT2D eigenvalue weighted by Crippen LogP contribution is 2.32. The van der Waals surface area contributed by atoms with Gasteiger partial charge in [-0.15, -0.1) is 0 Å². The molecule has 1 aliphatic carbocycles. The summed E-state index contributed by atoms with van der Waals surface area (Å²) in [6.45, 7) is 14.8. The van der Waals surface area contributed by atoms with Crippen molar-refractivity contribution >= 4 is 12.2 Å². The fraction of sp³-hybridized carbons (Fsp3) is 0.704. The van der Waals surface area contributed by atoms with Crippen molar-refractivity contribution in [2.45, 2.75) is 98.6 Å². The molecule has 1 aliphatic heterocycles. The van der Waals surface area contributed by atoms with E-state index >= 15 is 0 Å². The van der Waals surface area contributed by atoms with Crippen molar-refractivity contribution < 1.29 is 15.0 Å². The first-order valence-corrected chi connectivity index (χ1v) is 13.2. The number of hydrogen-bond acceptors (Lipinski definition) is 7. The Kier molecular flexibility index (Phi) is 12.1. The standard InChI is InChI=1S/C27H48N6O3/c1-8-28-15-29-25(34)20-12-21(26(35)32-23(9-16(2)3)30-17(4)5)14-22(13-20)27(36)33-24-11-18(6)10-19(7)31-24/h9-10,12,15,17-18,21-26,30-32,34-35H,8,11,13-14H2,1-7H3,(H,28,29)(H,33,36). The zero-order chi connectivity index (χ0) is 26.8. The zero-order valence-corrected chi connectivity index (χ0v) is 23.0. The van der Waals surface area contributed by atoms with E-state index < -0.39 is 12.5 Å². The van der Waals surface area contributed by atoms with Gasteiger partial charge in [-0.3, -0.25) is 20.4 Å². The summed E-state index contributed by atoms with van der Waals surface area (Å²) in [7, 11) is 0. The van der Waals surface area contributed by atoms with Crippen LogP contribution in [0.1, 0.15) is 67.7 Å². The third-order valence-electron chi connectivity index (χ3n) is 6.32. The predicted octanol–water partition coefficient (Wildman–Crippen LogP) is 2.07. The molecule has 0 bridgehead atoms. The van der Waals surface area contributed by atoms with Crippen LogP contribution in [0.2, 0.25) is 0 Å². The molecule has 2 aliphatic rings. The third-order valence-corrected chi connectivity index (χ3v) is 6.32. The van der Waals surface area contributed by atoms with Gasteiger partial charge < -0.3 is 26.2 Å². The van der Waals surface area contributed by atoms with E-state index in [1.54, 1.807) is 0 Å². The highest BCUT2D eigenvalue weighted by Gasteiger charge is 2.35. The number of carbonyl (C=O) groups is 1. The number of nitrogens with one attached hydrogen (secondary N) is 5. The van der Waals surface area contributed by atoms with Crippen molar-refractivity contribution in [3.8, 4) is 0 Å². The van der Waals surface area contributed by atoms with Crippen LogP contribution in [0.5, 0.6) is 0 Å². The fourth-order valence-corrected chi connectivity index (χ4v) is 4.83. The van der Waals surface area contributed by atoms with Crippen molar-refractivity contribution in [1.82, 2.24) is 26.6 Å². The van der Waals surface area contributed by atoms with Gasteiger partial charge >= 0.3 is 0 Å². The number of carbonyl (C=O) groups excluding carboxylic acids is 1. The lowest BCUT2D eigenvalue weighted by Gasteiger charge is -2.35. The molecule has 1 heterocycles. The minimum atomic E-state index is -0.981. The van der Waals surface area contributed by atoms with Crippen LogP contribution in [-0.2, 0) is 4.79 Å². The van der Waals surface area contributed by atoms with E-state index in [9.17, 15) is 15.0 Å². The summed E-state index contributed by atoms with van der Waals surface area (Å²) in [6.07, 6.45) is 7.02. The zero-order valence-electron chi connectivity index (χ0n) is 23.0. The smallest absolute Gasteiger partial charge is 0.225 e. The van der Waals surface area contributed by atoms with E-state index in [2.05, 4.69) is 58.4 Å². The summed E-state index contributed by atoms with van der Waals surface area (Å²) in [4.78, 5) is 17.4. The number of allylic oxidation sites excluding steroid dienone is 3. The lowest BCUT2D eigenvalue weighted by Crippen LogP contribution is -2.53. The number of aliphatic hydroxyl groups is 2. The number of aliphatic imine (C=N–C) groups is 1. The van der Waals surface area contributed by atoms with Crippen LogP contribution in [0.15, 0.2) is 40.1 Å². The molecule has 0 fully saturated rings. The highest BCUT2D eigenvalue weighted by atomic mass is 16.3. The molecular formula is C27H48N6O3. The number of hydrogen-bond donors (Lipinski definition) is 7. The van der Waals surface area contributed by atoms with Crippen molar-refractivity contribution in [2.75, 3.05) is 6.54 Å². The van der Waals surface area contributed by atoms with Crippen LogP contribution in [-0.4, -0.2) is 59.8 Å². The Labute approximate surface area is 217 Å². The number of rotatable bonds is 12. The summed E-state index contributed by atoms with van der Waals surface area (Å²) in [6, 6.07) is 0.216. The van der Waals surface area contributed by atoms with Crippen LogP contribution in [0, 0.1) is 17.8 Å². The molecule has 0 aromatic heterocycles. The second-order valence-electron chi connectivity index (χ2n) is 10.7. The summed E-state index contributed by atoms with van der Waals surface area (Å²) in [5.74, 6) is -0.436. The van der Waals surface area contributed by atoms with E-state index in [1.165, 1.54) is 6.34 Å². The third kappa shape index (κ3) is 10.0. The van der Waals surface area contributed by atoms with E-state index in [4.69, 9.17) is 0 Å². The van der Waals surface area contributed by atoms with E-state index in [1.807, 2.05) is 39.8 Å². The quantitative estimate of drug-likeness (QED) is 0.0937. The van der Waals surface area contributed by atoms with Gasteiger partial charge in [0.05, 0.1) is 18.7 Å². The maximum Gasteiger partial charge on any atom is 0.225 e. The van der Waals surface area contributed by atoms with Gasteiger partial charge in [0.25, 0.3) is 0 Å². The molecule has 0 aromatic rings. The first-order valence-electron chi connectivity index (χ1n) is 13.2. The normalized spacial score (nSPS) is 26.9. The number of amides is 1. The first kappa shape index (κ1) is 30.0. The minimum absolute atomic E-state index is 0.0761. The summed E-state index contributed by atoms with van der Waals surface area (Å²) in [5, 5.41) is 38.0. The van der Waals surface area contributed by atoms with Gasteiger partial charge in [0.2, 0.25) is 5.91 Å². The SMILES string of the molecule is CCN=CNC(O)C1=CC(C(O)NC(C=C(C)C)NC(C)C)CC(C(=O)NC2CC(C)C=C(C)N2)C1. The Hall–Kier alpha value is -2.20. The van der Waals surface area contributed by atoms with Crippen LogP contribution in [0.4, 0.5) is 0 Å². The second-order valence-corrected chi connectivity index (χ2v) is 10.7. The van der Waals surface area contributed by atoms with Crippen molar-refractivity contribution in [3.05, 3.63) is 35.1 Å². The maximum atomic E-state index is 13.3. The Bertz CT molecular complexity index is 833. The van der Waals surface area contributed by atoms with Crippen molar-refractivity contribution in [3.63, 3.8) is 0 Å². The minimum Gasteiger partial charge on any atom is -0.378 e. The molecule has 0 saturated heterocycles. The van der Waals surface area contributed by atoms with E-state index in [0.29, 0.717) is 30.9 Å². The second kappa shape index (κ2) is 14.5. The van der Waals surface area contributed by atoms with Gasteiger partial charge in [-0.2, -0.15) is 0 Å². The molecule has 7 unspecified atom stereocenters. The predicted molar refractivity (Wildman–Crippen MR) is 146 cm³/mol. The lowest BCUT2D eigenvalue weighted by atomic mass is 9.80. The molecule has 36 heavy (non-hydrogen) atoms. The number of aliphatic hydroxyl groups excluding tert-OH is 2. The molecule has 204 valence electrons. The van der Waals surface area contributed by atoms with Gasteiger partial charge in [0.15, 0.2) is 0 Å². The first-order chi connectivity index (χ1) is 17.0. The summed E-state index contributed by atoms with van der Waals surface area (Å²) >= 11 is 0. The molecule has 9 heteroatoms. The molecule has 0 aromatic carbocycles. The Morgan fingerprint density at radius 3 is 2.56 bits per heavy atom. The largest absolute Gasteiger partial charge is 0.378 e. The topological polar surface area (TPSA) is 130 Å². The van der Waals surface area contributed by atoms with Crippen LogP contribution >= 0.6 is 0 Å². The molecule has 9 nitrogen and oxygen atoms in total. The van der Waals surface area contributed by atoms with Crippen LogP contribution in [0.3, 0.4) is 0 Å². The molecule has 0 spiro atoms. The number of nitrogens with zero attached hydrogens (tertiary/aromatic N) is 1. The van der Waals surface area contributed by atoms with Gasteiger partial charge in [-0.25, -0.2) is 0 Å². The molecular weight excluding hydrogens is 456 g/mol. The molecule has 0 saturated carbocycles. The van der Waals surface area contributed by atoms with Crippen LogP contribution < -0.4 is 26.6 Å². The van der Waals surface area contributed by atoms with Crippen molar-refractivity contribution in [2.24, 2.45) is 22.7 Å². The molecule has 7 atom stereocenters. The van der Waals surface area contributed by atoms with Gasteiger partial charge in [-0.05, 0) is 72.3 Å². The van der Waals surface area contributed by atoms with E-state index in [-0.39, 0.29) is 36.1 Å². The van der Waals surface area contributed by atoms with Crippen molar-refractivity contribution in [1.29, 1.82) is 0 Å². The Morgan fingerprint density at radius 1 is 1.22 bits per heavy atom. The fourth-order valence-electron chi connectivity index (χ4n) is 4.83. The highest BCUT2D eigenvalue weighted by molar-refractivity contribution is 5.79. The van der Waals surface area contributed by atoms with Crippen LogP contribution in [0.25, 0.3) is 0 Å². The van der Waals surface area contributed by atoms with E-state index in [0.717, 1.165) is 17.7 Å². The lowest BCUT2D eigenvalue weighted by molar-refractivity contribution is -0.127. The molecule has 1 amide bonds. The maximum absolute atomic E-state index is 13.3. The summed E-state index contributed by atoms with van der Waals surface area (Å²) in [5.41, 5.74) is 2.85. The average molecular weight is 505 g/mol. The summed E-state index contributed by atoms with van der Waals surface area (Å²) < 4.78 is 0. The van der Waals surface area contributed by atoms with Gasteiger partial charge in [0.1, 0.15) is 12.5 Å².